The van der Waals surface area contributed by atoms with Crippen molar-refractivity contribution in [2.24, 2.45) is 43.7 Å². The molecule has 4 aliphatic carbocycles. The number of carbonyl (C=O) groups excluding carboxylic acids is 2. The van der Waals surface area contributed by atoms with Crippen LogP contribution in [0, 0.1) is 33.5 Å². The monoisotopic (exact) mass is 568 g/mol. The molecule has 0 aromatic rings. The molecule has 2 amide bonds. The zero-order valence-corrected chi connectivity index (χ0v) is 22.9. The summed E-state index contributed by atoms with van der Waals surface area (Å²) in [7, 11) is 0. The lowest BCUT2D eigenvalue weighted by Crippen LogP contribution is -2.36. The van der Waals surface area contributed by atoms with Gasteiger partial charge in [0.05, 0.1) is 21.1 Å². The van der Waals surface area contributed by atoms with Crippen LogP contribution in [0.2, 0.25) is 0 Å². The molecular weight excluding hydrogens is 536 g/mol. The van der Waals surface area contributed by atoms with E-state index in [0.717, 1.165) is 24.3 Å². The summed E-state index contributed by atoms with van der Waals surface area (Å²) in [5, 5.41) is 8.91. The molecule has 0 unspecified atom stereocenters. The molecule has 176 valence electrons. The minimum atomic E-state index is -0.421. The van der Waals surface area contributed by atoms with E-state index in [1.54, 1.807) is 0 Å². The largest absolute Gasteiger partial charge is 0.268 e. The molecule has 0 heterocycles. The number of hydrazone groups is 2. The number of fused-ring (bicyclic) bond motifs is 4. The first-order valence-electron chi connectivity index (χ1n) is 11.5. The Morgan fingerprint density at radius 1 is 0.781 bits per heavy atom. The maximum absolute atomic E-state index is 12.3. The topological polar surface area (TPSA) is 82.9 Å². The molecule has 4 saturated carbocycles. The highest BCUT2D eigenvalue weighted by molar-refractivity contribution is 9.10. The molecule has 4 aliphatic rings. The number of nitrogens with zero attached hydrogens (tertiary/aromatic N) is 2. The lowest BCUT2D eigenvalue weighted by Gasteiger charge is -2.34. The number of halogens is 2. The highest BCUT2D eigenvalue weighted by Crippen LogP contribution is 2.66. The van der Waals surface area contributed by atoms with E-state index in [0.29, 0.717) is 11.8 Å². The van der Waals surface area contributed by atoms with Crippen molar-refractivity contribution in [3.63, 3.8) is 0 Å². The van der Waals surface area contributed by atoms with Crippen molar-refractivity contribution in [1.82, 2.24) is 10.9 Å². The number of hydrogen-bond acceptors (Lipinski definition) is 4. The first-order valence-corrected chi connectivity index (χ1v) is 13.3. The zero-order chi connectivity index (χ0) is 23.7. The Morgan fingerprint density at radius 2 is 1.12 bits per heavy atom. The van der Waals surface area contributed by atoms with Crippen LogP contribution < -0.4 is 10.9 Å². The van der Waals surface area contributed by atoms with E-state index in [-0.39, 0.29) is 31.3 Å². The SMILES string of the molecule is CC1(C)[C@H]2CC[C@]1(C)C(=NNC(=O)/C=C/C(=O)N/N=C1\[C@@H](Br)[C@H]3CC[C@@]1(C)C3(C)C)[C@@H]2Br. The number of nitrogens with one attached hydrogen (secondary N) is 2. The van der Waals surface area contributed by atoms with Crippen molar-refractivity contribution in [3.8, 4) is 0 Å². The predicted molar refractivity (Wildman–Crippen MR) is 135 cm³/mol. The van der Waals surface area contributed by atoms with Crippen LogP contribution in [0.5, 0.6) is 0 Å². The van der Waals surface area contributed by atoms with Gasteiger partial charge in [0, 0.05) is 23.0 Å². The number of hydrogen-bond donors (Lipinski definition) is 2. The van der Waals surface area contributed by atoms with E-state index in [1.165, 1.54) is 25.0 Å². The van der Waals surface area contributed by atoms with Crippen LogP contribution >= 0.6 is 31.9 Å². The van der Waals surface area contributed by atoms with Gasteiger partial charge >= 0.3 is 0 Å². The third kappa shape index (κ3) is 3.22. The Bertz CT molecular complexity index is 866. The van der Waals surface area contributed by atoms with Crippen LogP contribution in [0.3, 0.4) is 0 Å². The van der Waals surface area contributed by atoms with Gasteiger partial charge < -0.3 is 0 Å². The predicted octanol–water partition coefficient (Wildman–Crippen LogP) is 4.93. The number of amides is 2. The fourth-order valence-electron chi connectivity index (χ4n) is 6.83. The summed E-state index contributed by atoms with van der Waals surface area (Å²) in [4.78, 5) is 24.9. The van der Waals surface area contributed by atoms with Crippen molar-refractivity contribution in [2.45, 2.75) is 76.9 Å². The third-order valence-corrected chi connectivity index (χ3v) is 12.1. The Labute approximate surface area is 207 Å². The summed E-state index contributed by atoms with van der Waals surface area (Å²) in [5.74, 6) is 0.185. The first-order chi connectivity index (χ1) is 14.8. The third-order valence-electron chi connectivity index (χ3n) is 9.93. The van der Waals surface area contributed by atoms with Gasteiger partial charge in [-0.25, -0.2) is 10.9 Å². The van der Waals surface area contributed by atoms with Gasteiger partial charge in [0.25, 0.3) is 11.8 Å². The molecule has 6 atom stereocenters. The quantitative estimate of drug-likeness (QED) is 0.286. The maximum atomic E-state index is 12.3. The molecule has 0 aromatic carbocycles. The van der Waals surface area contributed by atoms with Gasteiger partial charge in [0.15, 0.2) is 0 Å². The highest BCUT2D eigenvalue weighted by atomic mass is 79.9. The van der Waals surface area contributed by atoms with Crippen LogP contribution in [0.4, 0.5) is 0 Å². The highest BCUT2D eigenvalue weighted by Gasteiger charge is 2.65. The van der Waals surface area contributed by atoms with Gasteiger partial charge in [-0.1, -0.05) is 73.4 Å². The first kappa shape index (κ1) is 24.1. The van der Waals surface area contributed by atoms with Crippen LogP contribution in [-0.2, 0) is 9.59 Å². The molecule has 0 radical (unpaired) electrons. The molecule has 4 bridgehead atoms. The minimum Gasteiger partial charge on any atom is -0.268 e. The van der Waals surface area contributed by atoms with Crippen LogP contribution in [0.25, 0.3) is 0 Å². The second-order valence-electron chi connectivity index (χ2n) is 11.5. The van der Waals surface area contributed by atoms with E-state index < -0.39 is 11.8 Å². The van der Waals surface area contributed by atoms with Crippen molar-refractivity contribution in [3.05, 3.63) is 12.2 Å². The van der Waals surface area contributed by atoms with E-state index in [1.807, 2.05) is 0 Å². The number of rotatable bonds is 4. The molecule has 0 aromatic heterocycles. The van der Waals surface area contributed by atoms with Gasteiger partial charge in [-0.15, -0.1) is 0 Å². The molecule has 32 heavy (non-hydrogen) atoms. The Kier molecular flexibility index (Phi) is 5.84. The summed E-state index contributed by atoms with van der Waals surface area (Å²) in [5.41, 5.74) is 7.41. The van der Waals surface area contributed by atoms with Gasteiger partial charge in [-0.2, -0.15) is 10.2 Å². The van der Waals surface area contributed by atoms with E-state index in [4.69, 9.17) is 0 Å². The number of alkyl halides is 2. The normalized spacial score (nSPS) is 43.5. The van der Waals surface area contributed by atoms with E-state index in [2.05, 4.69) is 94.5 Å². The molecule has 0 aliphatic heterocycles. The number of carbonyl (C=O) groups is 2. The summed E-state index contributed by atoms with van der Waals surface area (Å²) in [6, 6.07) is 0. The maximum Gasteiger partial charge on any atom is 0.264 e. The van der Waals surface area contributed by atoms with Crippen molar-refractivity contribution in [1.29, 1.82) is 0 Å². The second-order valence-corrected chi connectivity index (χ2v) is 13.5. The molecule has 0 spiro atoms. The molecule has 4 fully saturated rings. The van der Waals surface area contributed by atoms with E-state index in [9.17, 15) is 9.59 Å². The lowest BCUT2D eigenvalue weighted by molar-refractivity contribution is -0.118. The van der Waals surface area contributed by atoms with Crippen molar-refractivity contribution >= 4 is 55.1 Å². The van der Waals surface area contributed by atoms with Crippen molar-refractivity contribution < 1.29 is 9.59 Å². The molecular formula is C24H34Br2N4O2. The molecule has 6 nitrogen and oxygen atoms in total. The fraction of sp³-hybridized carbons (Fsp3) is 0.750. The Hall–Kier alpha value is -1.02. The Morgan fingerprint density at radius 3 is 1.41 bits per heavy atom. The van der Waals surface area contributed by atoms with Crippen molar-refractivity contribution in [2.75, 3.05) is 0 Å². The summed E-state index contributed by atoms with van der Waals surface area (Å²) in [6.45, 7) is 13.6. The average molecular weight is 570 g/mol. The van der Waals surface area contributed by atoms with Gasteiger partial charge in [0.2, 0.25) is 0 Å². The summed E-state index contributed by atoms with van der Waals surface area (Å²) in [6.07, 6.45) is 6.90. The summed E-state index contributed by atoms with van der Waals surface area (Å²) < 4.78 is 0. The van der Waals surface area contributed by atoms with Gasteiger partial charge in [-0.05, 0) is 48.3 Å². The van der Waals surface area contributed by atoms with Gasteiger partial charge in [0.1, 0.15) is 0 Å². The fourth-order valence-corrected chi connectivity index (χ4v) is 9.90. The molecule has 4 rings (SSSR count). The second kappa shape index (κ2) is 7.76. The van der Waals surface area contributed by atoms with E-state index >= 15 is 0 Å². The minimum absolute atomic E-state index is 0.0346. The molecule has 0 saturated heterocycles. The lowest BCUT2D eigenvalue weighted by atomic mass is 9.70. The average Bonchev–Trinajstić information content (AvgIpc) is 3.19. The van der Waals surface area contributed by atoms with Gasteiger partial charge in [-0.3, -0.25) is 9.59 Å². The van der Waals surface area contributed by atoms with Crippen LogP contribution in [0.1, 0.15) is 67.2 Å². The van der Waals surface area contributed by atoms with Crippen LogP contribution in [0.15, 0.2) is 22.4 Å². The summed E-state index contributed by atoms with van der Waals surface area (Å²) >= 11 is 7.57. The molecule has 2 N–H and O–H groups in total. The van der Waals surface area contributed by atoms with Crippen LogP contribution in [-0.4, -0.2) is 32.9 Å². The smallest absolute Gasteiger partial charge is 0.264 e. The molecule has 8 heteroatoms. The zero-order valence-electron chi connectivity index (χ0n) is 19.8. The standard InChI is InChI=1S/C24H34Br2N4O2/c1-21(2)13-9-11-23(21,5)19(17(13)25)29-27-15(31)7-8-16(32)28-30-20-18(26)14-10-12-24(20,6)22(14,3)4/h7-8,13-14,17-18H,9-12H2,1-6H3,(H,27,31)(H,28,32)/b8-7+,29-19+,30-20?/t13-,14+,17+,18-,23-,24-/m1/s1. The Balaban J connectivity index is 1.37.